The standard InChI is InChI=1S/C22H30N4O2.HI/c1-16-7-6-8-19(13-16)25-20(23)24-14-17-9-11-18(12-10-17)15-26(5)21(27)28-22(2,3)4;/h6-13H,14-15H2,1-5H3,(H3,23,24,25);1H. The highest BCUT2D eigenvalue weighted by Crippen LogP contribution is 2.13. The molecule has 0 bridgehead atoms. The van der Waals surface area contributed by atoms with Crippen LogP contribution in [0.2, 0.25) is 0 Å². The number of hydrogen-bond donors (Lipinski definition) is 2. The van der Waals surface area contributed by atoms with E-state index >= 15 is 0 Å². The normalized spacial score (nSPS) is 11.4. The molecule has 0 unspecified atom stereocenters. The maximum absolute atomic E-state index is 12.0. The molecule has 0 saturated carbocycles. The van der Waals surface area contributed by atoms with Gasteiger partial charge in [-0.25, -0.2) is 9.79 Å². The van der Waals surface area contributed by atoms with Crippen molar-refractivity contribution in [1.29, 1.82) is 0 Å². The van der Waals surface area contributed by atoms with Crippen LogP contribution in [-0.4, -0.2) is 29.6 Å². The van der Waals surface area contributed by atoms with E-state index in [1.807, 2.05) is 76.2 Å². The number of anilines is 1. The van der Waals surface area contributed by atoms with Gasteiger partial charge in [0.05, 0.1) is 6.54 Å². The van der Waals surface area contributed by atoms with E-state index < -0.39 is 5.60 Å². The summed E-state index contributed by atoms with van der Waals surface area (Å²) in [7, 11) is 1.73. The number of carbonyl (C=O) groups is 1. The van der Waals surface area contributed by atoms with Crippen molar-refractivity contribution in [3.63, 3.8) is 0 Å². The summed E-state index contributed by atoms with van der Waals surface area (Å²) in [5, 5.41) is 3.09. The minimum absolute atomic E-state index is 0. The van der Waals surface area contributed by atoms with E-state index in [4.69, 9.17) is 10.5 Å². The molecule has 1 amide bonds. The zero-order valence-electron chi connectivity index (χ0n) is 17.7. The van der Waals surface area contributed by atoms with Gasteiger partial charge >= 0.3 is 6.09 Å². The van der Waals surface area contributed by atoms with E-state index in [2.05, 4.69) is 10.3 Å². The molecule has 29 heavy (non-hydrogen) atoms. The molecule has 7 heteroatoms. The van der Waals surface area contributed by atoms with Gasteiger partial charge < -0.3 is 20.7 Å². The third-order valence-corrected chi connectivity index (χ3v) is 3.87. The smallest absolute Gasteiger partial charge is 0.410 e. The summed E-state index contributed by atoms with van der Waals surface area (Å²) < 4.78 is 5.36. The highest BCUT2D eigenvalue weighted by molar-refractivity contribution is 14.0. The van der Waals surface area contributed by atoms with Gasteiger partial charge in [-0.05, 0) is 56.5 Å². The Kier molecular flexibility index (Phi) is 9.42. The van der Waals surface area contributed by atoms with E-state index in [1.54, 1.807) is 11.9 Å². The molecule has 2 rings (SSSR count). The number of aryl methyl sites for hydroxylation is 1. The second-order valence-corrected chi connectivity index (χ2v) is 7.85. The number of amides is 1. The Morgan fingerprint density at radius 1 is 1.14 bits per heavy atom. The predicted octanol–water partition coefficient (Wildman–Crippen LogP) is 4.91. The molecule has 0 fully saturated rings. The molecule has 2 aromatic rings. The van der Waals surface area contributed by atoms with Crippen LogP contribution in [0.25, 0.3) is 0 Å². The largest absolute Gasteiger partial charge is 0.444 e. The molecule has 0 atom stereocenters. The van der Waals surface area contributed by atoms with Crippen molar-refractivity contribution in [3.8, 4) is 0 Å². The Balaban J connectivity index is 0.00000420. The lowest BCUT2D eigenvalue weighted by molar-refractivity contribution is 0.0285. The Labute approximate surface area is 190 Å². The molecule has 0 saturated heterocycles. The number of hydrogen-bond acceptors (Lipinski definition) is 3. The molecule has 0 spiro atoms. The lowest BCUT2D eigenvalue weighted by Crippen LogP contribution is -2.33. The van der Waals surface area contributed by atoms with Gasteiger partial charge in [0.1, 0.15) is 5.60 Å². The minimum Gasteiger partial charge on any atom is -0.444 e. The molecule has 0 aliphatic heterocycles. The molecular formula is C22H31IN4O2. The van der Waals surface area contributed by atoms with Crippen LogP contribution >= 0.6 is 24.0 Å². The van der Waals surface area contributed by atoms with E-state index in [-0.39, 0.29) is 30.1 Å². The van der Waals surface area contributed by atoms with E-state index in [9.17, 15) is 4.79 Å². The molecule has 3 N–H and O–H groups in total. The lowest BCUT2D eigenvalue weighted by Gasteiger charge is -2.24. The fourth-order valence-corrected chi connectivity index (χ4v) is 2.52. The SMILES string of the molecule is Cc1cccc(NC(N)=NCc2ccc(CN(C)C(=O)OC(C)(C)C)cc2)c1.I. The van der Waals surface area contributed by atoms with Crippen molar-refractivity contribution in [1.82, 2.24) is 4.90 Å². The first-order valence-electron chi connectivity index (χ1n) is 9.28. The molecule has 0 radical (unpaired) electrons. The van der Waals surface area contributed by atoms with Gasteiger partial charge in [0, 0.05) is 19.3 Å². The first kappa shape index (κ1) is 24.7. The Morgan fingerprint density at radius 2 is 1.76 bits per heavy atom. The topological polar surface area (TPSA) is 80.0 Å². The Bertz CT molecular complexity index is 829. The Morgan fingerprint density at radius 3 is 2.34 bits per heavy atom. The first-order valence-corrected chi connectivity index (χ1v) is 9.28. The molecule has 158 valence electrons. The molecule has 0 aliphatic rings. The monoisotopic (exact) mass is 510 g/mol. The third kappa shape index (κ3) is 9.17. The van der Waals surface area contributed by atoms with Crippen molar-refractivity contribution < 1.29 is 9.53 Å². The van der Waals surface area contributed by atoms with Crippen LogP contribution in [-0.2, 0) is 17.8 Å². The van der Waals surface area contributed by atoms with E-state index in [0.717, 1.165) is 22.4 Å². The van der Waals surface area contributed by atoms with E-state index in [0.29, 0.717) is 19.0 Å². The fraction of sp³-hybridized carbons (Fsp3) is 0.364. The van der Waals surface area contributed by atoms with Gasteiger partial charge in [0.2, 0.25) is 0 Å². The predicted molar refractivity (Wildman–Crippen MR) is 130 cm³/mol. The molecule has 0 heterocycles. The number of aliphatic imine (C=N–C) groups is 1. The maximum Gasteiger partial charge on any atom is 0.410 e. The number of halogens is 1. The Hall–Kier alpha value is -2.29. The summed E-state index contributed by atoms with van der Waals surface area (Å²) in [6.07, 6.45) is -0.337. The summed E-state index contributed by atoms with van der Waals surface area (Å²) in [6, 6.07) is 15.9. The van der Waals surface area contributed by atoms with Gasteiger partial charge in [-0.3, -0.25) is 0 Å². The van der Waals surface area contributed by atoms with Crippen LogP contribution in [0.1, 0.15) is 37.5 Å². The maximum atomic E-state index is 12.0. The summed E-state index contributed by atoms with van der Waals surface area (Å²) in [4.78, 5) is 18.0. The molecular weight excluding hydrogens is 479 g/mol. The summed E-state index contributed by atoms with van der Waals surface area (Å²) in [5.41, 5.74) is 9.60. The number of carbonyl (C=O) groups excluding carboxylic acids is 1. The summed E-state index contributed by atoms with van der Waals surface area (Å²) in [6.45, 7) is 8.55. The van der Waals surface area contributed by atoms with Gasteiger partial charge in [-0.2, -0.15) is 0 Å². The number of rotatable bonds is 5. The van der Waals surface area contributed by atoms with Crippen molar-refractivity contribution in [2.24, 2.45) is 10.7 Å². The van der Waals surface area contributed by atoms with Gasteiger partial charge in [0.25, 0.3) is 0 Å². The van der Waals surface area contributed by atoms with Crippen molar-refractivity contribution in [3.05, 3.63) is 65.2 Å². The zero-order chi connectivity index (χ0) is 20.7. The zero-order valence-corrected chi connectivity index (χ0v) is 20.1. The quantitative estimate of drug-likeness (QED) is 0.341. The lowest BCUT2D eigenvalue weighted by atomic mass is 10.1. The number of ether oxygens (including phenoxy) is 1. The highest BCUT2D eigenvalue weighted by atomic mass is 127. The second-order valence-electron chi connectivity index (χ2n) is 7.85. The summed E-state index contributed by atoms with van der Waals surface area (Å²) >= 11 is 0. The average Bonchev–Trinajstić information content (AvgIpc) is 2.59. The first-order chi connectivity index (χ1) is 13.1. The van der Waals surface area contributed by atoms with Gasteiger partial charge in [-0.1, -0.05) is 36.4 Å². The van der Waals surface area contributed by atoms with Crippen molar-refractivity contribution in [2.75, 3.05) is 12.4 Å². The van der Waals surface area contributed by atoms with E-state index in [1.165, 1.54) is 0 Å². The van der Waals surface area contributed by atoms with Crippen LogP contribution in [0, 0.1) is 6.92 Å². The van der Waals surface area contributed by atoms with Gasteiger partial charge in [0.15, 0.2) is 5.96 Å². The number of nitrogens with two attached hydrogens (primary N) is 1. The van der Waals surface area contributed by atoms with Crippen molar-refractivity contribution >= 4 is 41.7 Å². The highest BCUT2D eigenvalue weighted by Gasteiger charge is 2.19. The van der Waals surface area contributed by atoms with Crippen LogP contribution in [0.3, 0.4) is 0 Å². The molecule has 0 aromatic heterocycles. The van der Waals surface area contributed by atoms with Crippen LogP contribution in [0.4, 0.5) is 10.5 Å². The number of nitrogens with zero attached hydrogens (tertiary/aromatic N) is 2. The van der Waals surface area contributed by atoms with Crippen LogP contribution in [0.5, 0.6) is 0 Å². The molecule has 2 aromatic carbocycles. The second kappa shape index (κ2) is 11.0. The van der Waals surface area contributed by atoms with Crippen molar-refractivity contribution in [2.45, 2.75) is 46.4 Å². The molecule has 6 nitrogen and oxygen atoms in total. The number of benzene rings is 2. The number of guanidine groups is 1. The van der Waals surface area contributed by atoms with Crippen LogP contribution in [0.15, 0.2) is 53.5 Å². The third-order valence-electron chi connectivity index (χ3n) is 3.87. The number of nitrogens with one attached hydrogen (secondary N) is 1. The average molecular weight is 510 g/mol. The van der Waals surface area contributed by atoms with Crippen LogP contribution < -0.4 is 11.1 Å². The fourth-order valence-electron chi connectivity index (χ4n) is 2.52. The minimum atomic E-state index is -0.500. The van der Waals surface area contributed by atoms with Gasteiger partial charge in [-0.15, -0.1) is 24.0 Å². The summed E-state index contributed by atoms with van der Waals surface area (Å²) in [5.74, 6) is 0.374. The molecule has 0 aliphatic carbocycles.